The number of pyridine rings is 1. The van der Waals surface area contributed by atoms with Crippen molar-refractivity contribution < 1.29 is 4.74 Å². The normalized spacial score (nSPS) is 18.8. The maximum absolute atomic E-state index is 5.92. The van der Waals surface area contributed by atoms with Crippen molar-refractivity contribution >= 4 is 0 Å². The molecule has 0 amide bonds. The van der Waals surface area contributed by atoms with E-state index in [1.54, 1.807) is 0 Å². The molecular formula is C19H24N2O. The predicted octanol–water partition coefficient (Wildman–Crippen LogP) is 4.21. The van der Waals surface area contributed by atoms with Crippen LogP contribution in [-0.4, -0.2) is 22.5 Å². The van der Waals surface area contributed by atoms with E-state index in [0.717, 1.165) is 19.0 Å². The Morgan fingerprint density at radius 3 is 2.77 bits per heavy atom. The van der Waals surface area contributed by atoms with Gasteiger partial charge in [0.05, 0.1) is 6.10 Å². The molecule has 1 saturated heterocycles. The lowest BCUT2D eigenvalue weighted by atomic mass is 10.1. The van der Waals surface area contributed by atoms with Crippen LogP contribution in [0.25, 0.3) is 0 Å². The van der Waals surface area contributed by atoms with Gasteiger partial charge in [-0.15, -0.1) is 0 Å². The second-order valence-corrected chi connectivity index (χ2v) is 6.18. The standard InChI is InChI=1S/C19H24N2O/c1-15(2)22-19-17(10-6-12-20-19)18-11-7-13-21(18)14-16-8-4-3-5-9-16/h3-6,8-10,12,15,18H,7,11,13-14H2,1-2H3/t18-/m0/s1. The molecule has 0 aliphatic carbocycles. The monoisotopic (exact) mass is 296 g/mol. The zero-order valence-electron chi connectivity index (χ0n) is 13.4. The Morgan fingerprint density at radius 2 is 2.00 bits per heavy atom. The first kappa shape index (κ1) is 15.0. The van der Waals surface area contributed by atoms with Crippen molar-refractivity contribution in [3.8, 4) is 5.88 Å². The summed E-state index contributed by atoms with van der Waals surface area (Å²) in [5, 5.41) is 0. The zero-order valence-corrected chi connectivity index (χ0v) is 13.4. The molecule has 0 radical (unpaired) electrons. The zero-order chi connectivity index (χ0) is 15.4. The third-order valence-electron chi connectivity index (χ3n) is 4.10. The lowest BCUT2D eigenvalue weighted by Gasteiger charge is -2.26. The van der Waals surface area contributed by atoms with E-state index < -0.39 is 0 Å². The van der Waals surface area contributed by atoms with Gasteiger partial charge in [-0.1, -0.05) is 36.4 Å². The van der Waals surface area contributed by atoms with Crippen molar-refractivity contribution in [3.05, 3.63) is 59.8 Å². The Morgan fingerprint density at radius 1 is 1.18 bits per heavy atom. The van der Waals surface area contributed by atoms with E-state index in [2.05, 4.69) is 60.1 Å². The minimum absolute atomic E-state index is 0.151. The van der Waals surface area contributed by atoms with Gasteiger partial charge < -0.3 is 4.74 Å². The van der Waals surface area contributed by atoms with Crippen molar-refractivity contribution in [2.75, 3.05) is 6.54 Å². The molecule has 0 spiro atoms. The predicted molar refractivity (Wildman–Crippen MR) is 88.8 cm³/mol. The second-order valence-electron chi connectivity index (χ2n) is 6.18. The summed E-state index contributed by atoms with van der Waals surface area (Å²) in [7, 11) is 0. The average Bonchev–Trinajstić information content (AvgIpc) is 2.96. The Balaban J connectivity index is 1.81. The van der Waals surface area contributed by atoms with Crippen LogP contribution in [0.1, 0.15) is 43.9 Å². The second kappa shape index (κ2) is 6.93. The van der Waals surface area contributed by atoms with Crippen LogP contribution >= 0.6 is 0 Å². The van der Waals surface area contributed by atoms with E-state index in [1.807, 2.05) is 12.3 Å². The molecule has 1 aromatic heterocycles. The smallest absolute Gasteiger partial charge is 0.218 e. The molecule has 0 saturated carbocycles. The first-order chi connectivity index (χ1) is 10.7. The Kier molecular flexibility index (Phi) is 4.74. The third kappa shape index (κ3) is 3.47. The first-order valence-corrected chi connectivity index (χ1v) is 8.13. The van der Waals surface area contributed by atoms with Crippen molar-refractivity contribution in [1.29, 1.82) is 0 Å². The number of benzene rings is 1. The summed E-state index contributed by atoms with van der Waals surface area (Å²) in [4.78, 5) is 7.00. The number of hydrogen-bond acceptors (Lipinski definition) is 3. The van der Waals surface area contributed by atoms with E-state index in [4.69, 9.17) is 4.74 Å². The third-order valence-corrected chi connectivity index (χ3v) is 4.10. The van der Waals surface area contributed by atoms with Gasteiger partial charge in [0.25, 0.3) is 0 Å². The quantitative estimate of drug-likeness (QED) is 0.826. The highest BCUT2D eigenvalue weighted by Crippen LogP contribution is 2.37. The number of ether oxygens (including phenoxy) is 1. The van der Waals surface area contributed by atoms with Crippen LogP contribution in [0.3, 0.4) is 0 Å². The van der Waals surface area contributed by atoms with Crippen LogP contribution in [-0.2, 0) is 6.54 Å². The number of rotatable bonds is 5. The van der Waals surface area contributed by atoms with Gasteiger partial charge in [0.15, 0.2) is 0 Å². The summed E-state index contributed by atoms with van der Waals surface area (Å²) in [6.45, 7) is 6.22. The first-order valence-electron chi connectivity index (χ1n) is 8.13. The van der Waals surface area contributed by atoms with Gasteiger partial charge >= 0.3 is 0 Å². The van der Waals surface area contributed by atoms with E-state index in [9.17, 15) is 0 Å². The van der Waals surface area contributed by atoms with Crippen LogP contribution in [0, 0.1) is 0 Å². The summed E-state index contributed by atoms with van der Waals surface area (Å²) in [5.41, 5.74) is 2.59. The van der Waals surface area contributed by atoms with E-state index in [1.165, 1.54) is 24.0 Å². The van der Waals surface area contributed by atoms with Crippen molar-refractivity contribution in [2.24, 2.45) is 0 Å². The van der Waals surface area contributed by atoms with Crippen molar-refractivity contribution in [1.82, 2.24) is 9.88 Å². The van der Waals surface area contributed by atoms with Crippen LogP contribution < -0.4 is 4.74 Å². The lowest BCUT2D eigenvalue weighted by Crippen LogP contribution is -2.24. The highest BCUT2D eigenvalue weighted by molar-refractivity contribution is 5.30. The molecule has 1 aromatic carbocycles. The highest BCUT2D eigenvalue weighted by atomic mass is 16.5. The average molecular weight is 296 g/mol. The van der Waals surface area contributed by atoms with Crippen LogP contribution in [0.2, 0.25) is 0 Å². The molecule has 3 rings (SSSR count). The molecule has 1 aliphatic heterocycles. The highest BCUT2D eigenvalue weighted by Gasteiger charge is 2.28. The molecule has 0 N–H and O–H groups in total. The molecule has 1 atom stereocenters. The maximum atomic E-state index is 5.92. The SMILES string of the molecule is CC(C)Oc1ncccc1[C@@H]1CCCN1Cc1ccccc1. The topological polar surface area (TPSA) is 25.4 Å². The van der Waals surface area contributed by atoms with Crippen LogP contribution in [0.15, 0.2) is 48.7 Å². The Labute approximate surface area is 132 Å². The van der Waals surface area contributed by atoms with Gasteiger partial charge in [-0.25, -0.2) is 4.98 Å². The van der Waals surface area contributed by atoms with E-state index in [0.29, 0.717) is 6.04 Å². The summed E-state index contributed by atoms with van der Waals surface area (Å²) < 4.78 is 5.92. The summed E-state index contributed by atoms with van der Waals surface area (Å²) >= 11 is 0. The fourth-order valence-corrected chi connectivity index (χ4v) is 3.16. The summed E-state index contributed by atoms with van der Waals surface area (Å²) in [5.74, 6) is 0.794. The maximum Gasteiger partial charge on any atom is 0.218 e. The minimum Gasteiger partial charge on any atom is -0.475 e. The fraction of sp³-hybridized carbons (Fsp3) is 0.421. The molecule has 2 heterocycles. The summed E-state index contributed by atoms with van der Waals surface area (Å²) in [6.07, 6.45) is 4.37. The number of likely N-dealkylation sites (tertiary alicyclic amines) is 1. The van der Waals surface area contributed by atoms with Gasteiger partial charge in [0, 0.05) is 24.3 Å². The fourth-order valence-electron chi connectivity index (χ4n) is 3.16. The van der Waals surface area contributed by atoms with E-state index in [-0.39, 0.29) is 6.10 Å². The van der Waals surface area contributed by atoms with Crippen LogP contribution in [0.4, 0.5) is 0 Å². The van der Waals surface area contributed by atoms with Gasteiger partial charge in [0.2, 0.25) is 5.88 Å². The molecule has 2 aromatic rings. The molecule has 116 valence electrons. The minimum atomic E-state index is 0.151. The van der Waals surface area contributed by atoms with Gasteiger partial charge in [-0.3, -0.25) is 4.90 Å². The Bertz CT molecular complexity index is 597. The lowest BCUT2D eigenvalue weighted by molar-refractivity contribution is 0.209. The molecule has 0 bridgehead atoms. The molecule has 0 unspecified atom stereocenters. The van der Waals surface area contributed by atoms with Gasteiger partial charge in [0.1, 0.15) is 0 Å². The van der Waals surface area contributed by atoms with Gasteiger partial charge in [-0.2, -0.15) is 0 Å². The molecule has 22 heavy (non-hydrogen) atoms. The summed E-state index contributed by atoms with van der Waals surface area (Å²) in [6, 6.07) is 15.3. The van der Waals surface area contributed by atoms with Crippen molar-refractivity contribution in [3.63, 3.8) is 0 Å². The number of aromatic nitrogens is 1. The molecular weight excluding hydrogens is 272 g/mol. The van der Waals surface area contributed by atoms with E-state index >= 15 is 0 Å². The number of hydrogen-bond donors (Lipinski definition) is 0. The number of nitrogens with zero attached hydrogens (tertiary/aromatic N) is 2. The largest absolute Gasteiger partial charge is 0.475 e. The molecule has 3 nitrogen and oxygen atoms in total. The molecule has 3 heteroatoms. The Hall–Kier alpha value is -1.87. The molecule has 1 aliphatic rings. The van der Waals surface area contributed by atoms with Crippen LogP contribution in [0.5, 0.6) is 5.88 Å². The molecule has 1 fully saturated rings. The van der Waals surface area contributed by atoms with Crippen molar-refractivity contribution in [2.45, 2.75) is 45.4 Å². The van der Waals surface area contributed by atoms with Gasteiger partial charge in [-0.05, 0) is 44.9 Å².